The van der Waals surface area contributed by atoms with E-state index in [1.807, 2.05) is 37.2 Å². The molecule has 44 heavy (non-hydrogen) atoms. The van der Waals surface area contributed by atoms with Crippen molar-refractivity contribution in [3.8, 4) is 11.8 Å². The first-order chi connectivity index (χ1) is 20.7. The van der Waals surface area contributed by atoms with Gasteiger partial charge in [0.1, 0.15) is 22.8 Å². The number of amides is 1. The summed E-state index contributed by atoms with van der Waals surface area (Å²) in [4.78, 5) is 42.9. The molecule has 1 saturated carbocycles. The summed E-state index contributed by atoms with van der Waals surface area (Å²) >= 11 is 0. The van der Waals surface area contributed by atoms with Gasteiger partial charge in [0, 0.05) is 31.3 Å². The maximum absolute atomic E-state index is 14.1. The van der Waals surface area contributed by atoms with Crippen LogP contribution in [0.5, 0.6) is 5.75 Å². The van der Waals surface area contributed by atoms with Gasteiger partial charge < -0.3 is 31.1 Å². The lowest BCUT2D eigenvalue weighted by atomic mass is 9.57. The van der Waals surface area contributed by atoms with E-state index >= 15 is 0 Å². The van der Waals surface area contributed by atoms with Crippen LogP contribution in [-0.2, 0) is 33.6 Å². The highest BCUT2D eigenvalue weighted by Gasteiger charge is 2.64. The number of aromatic hydroxyl groups is 1. The number of primary amides is 1. The topological polar surface area (TPSA) is 188 Å². The Bertz CT molecular complexity index is 1680. The molecule has 3 aliphatic rings. The summed E-state index contributed by atoms with van der Waals surface area (Å²) in [6.45, 7) is 0. The van der Waals surface area contributed by atoms with Gasteiger partial charge in [-0.1, -0.05) is 12.1 Å². The number of aliphatic hydroxyl groups is 3. The first-order valence-corrected chi connectivity index (χ1v) is 14.4. The van der Waals surface area contributed by atoms with Gasteiger partial charge in [0.2, 0.25) is 5.78 Å². The number of nitrogens with two attached hydrogens (primary N) is 1. The molecule has 4 atom stereocenters. The van der Waals surface area contributed by atoms with Crippen LogP contribution in [0.2, 0.25) is 0 Å². The predicted octanol–water partition coefficient (Wildman–Crippen LogP) is 2.08. The molecule has 1 fully saturated rings. The fraction of sp³-hybridized carbons (Fsp3) is 0.394. The number of nitrogens with zero attached hydrogens (tertiary/aromatic N) is 3. The van der Waals surface area contributed by atoms with Crippen LogP contribution in [0.15, 0.2) is 47.2 Å². The van der Waals surface area contributed by atoms with Crippen LogP contribution in [-0.4, -0.2) is 82.6 Å². The number of phenolic OH excluding ortho intramolecular Hbond substituents is 1. The van der Waals surface area contributed by atoms with Gasteiger partial charge >= 0.3 is 0 Å². The normalized spacial score (nSPS) is 24.5. The molecule has 0 aliphatic heterocycles. The summed E-state index contributed by atoms with van der Waals surface area (Å²) in [6, 6.07) is 10.1. The van der Waals surface area contributed by atoms with Gasteiger partial charge in [-0.05, 0) is 87.0 Å². The minimum Gasteiger partial charge on any atom is -0.508 e. The Morgan fingerprint density at radius 1 is 1.09 bits per heavy atom. The second kappa shape index (κ2) is 11.1. The maximum atomic E-state index is 14.1. The SMILES string of the molecule is CN(C)c1cc(CCCc2ccc(C#N)cc2)c(O)c2c1CC1CC3C(N(C)C)C(=O)C(C(N)=O)=C(O)C3(O)C(=O)C1=C2O. The van der Waals surface area contributed by atoms with Gasteiger partial charge in [0.05, 0.1) is 23.2 Å². The zero-order valence-electron chi connectivity index (χ0n) is 25.1. The van der Waals surface area contributed by atoms with Gasteiger partial charge in [-0.2, -0.15) is 5.26 Å². The molecule has 6 N–H and O–H groups in total. The molecular weight excluding hydrogens is 564 g/mol. The number of aliphatic hydroxyl groups excluding tert-OH is 2. The van der Waals surface area contributed by atoms with Crippen molar-refractivity contribution in [2.45, 2.75) is 43.7 Å². The smallest absolute Gasteiger partial charge is 0.255 e. The van der Waals surface area contributed by atoms with Crippen LogP contribution in [0.4, 0.5) is 5.69 Å². The number of ketones is 2. The van der Waals surface area contributed by atoms with E-state index in [0.717, 1.165) is 11.3 Å². The van der Waals surface area contributed by atoms with Crippen molar-refractivity contribution >= 4 is 28.9 Å². The standard InChI is InChI=1S/C33H36N4O7/c1-36(2)22-14-18(7-5-6-16-8-10-17(15-34)11-9-16)27(38)24-20(22)12-19-13-21-26(37(3)4)29(40)25(32(35)43)31(42)33(21,44)30(41)23(19)28(24)39/h8-11,14,19,21,26,38-39,42,44H,5-7,12-13H2,1-4H3,(H2,35,43). The Labute approximate surface area is 255 Å². The molecule has 0 radical (unpaired) electrons. The van der Waals surface area contributed by atoms with E-state index in [0.29, 0.717) is 36.0 Å². The highest BCUT2D eigenvalue weighted by Crippen LogP contribution is 2.54. The summed E-state index contributed by atoms with van der Waals surface area (Å²) in [5.41, 5.74) is 5.31. The second-order valence-corrected chi connectivity index (χ2v) is 12.3. The van der Waals surface area contributed by atoms with Gasteiger partial charge in [-0.25, -0.2) is 0 Å². The van der Waals surface area contributed by atoms with E-state index < -0.39 is 58.0 Å². The quantitative estimate of drug-likeness (QED) is 0.294. The first-order valence-electron chi connectivity index (χ1n) is 14.4. The lowest BCUT2D eigenvalue weighted by Gasteiger charge is -2.50. The third-order valence-corrected chi connectivity index (χ3v) is 9.25. The van der Waals surface area contributed by atoms with Crippen molar-refractivity contribution in [2.75, 3.05) is 33.1 Å². The van der Waals surface area contributed by atoms with E-state index in [1.165, 1.54) is 4.90 Å². The minimum absolute atomic E-state index is 0.0335. The number of aryl methyl sites for hydroxylation is 2. The Morgan fingerprint density at radius 3 is 2.32 bits per heavy atom. The molecule has 2 aromatic rings. The number of fused-ring (bicyclic) bond motifs is 3. The van der Waals surface area contributed by atoms with E-state index in [1.54, 1.807) is 26.2 Å². The van der Waals surface area contributed by atoms with Crippen molar-refractivity contribution in [1.82, 2.24) is 4.90 Å². The number of Topliss-reactive ketones (excluding diaryl/α,β-unsaturated/α-hetero) is 2. The average Bonchev–Trinajstić information content (AvgIpc) is 2.96. The zero-order valence-corrected chi connectivity index (χ0v) is 25.1. The molecule has 1 amide bonds. The molecule has 0 bridgehead atoms. The van der Waals surface area contributed by atoms with E-state index in [2.05, 4.69) is 6.07 Å². The summed E-state index contributed by atoms with van der Waals surface area (Å²) in [6.07, 6.45) is 2.04. The van der Waals surface area contributed by atoms with E-state index in [9.17, 15) is 34.8 Å². The van der Waals surface area contributed by atoms with Gasteiger partial charge in [0.15, 0.2) is 11.4 Å². The molecule has 5 rings (SSSR count). The number of rotatable bonds is 7. The molecular formula is C33H36N4O7. The van der Waals surface area contributed by atoms with E-state index in [-0.39, 0.29) is 29.7 Å². The van der Waals surface area contributed by atoms with Crippen molar-refractivity contribution in [3.63, 3.8) is 0 Å². The highest BCUT2D eigenvalue weighted by molar-refractivity contribution is 6.24. The molecule has 0 saturated heterocycles. The highest BCUT2D eigenvalue weighted by atomic mass is 16.3. The minimum atomic E-state index is -2.68. The van der Waals surface area contributed by atoms with Gasteiger partial charge in [-0.3, -0.25) is 19.3 Å². The molecule has 3 aliphatic carbocycles. The second-order valence-electron chi connectivity index (χ2n) is 12.3. The summed E-state index contributed by atoms with van der Waals surface area (Å²) in [5.74, 6) is -6.65. The summed E-state index contributed by atoms with van der Waals surface area (Å²) in [7, 11) is 6.81. The van der Waals surface area contributed by atoms with E-state index in [4.69, 9.17) is 11.0 Å². The molecule has 230 valence electrons. The Balaban J connectivity index is 1.59. The average molecular weight is 601 g/mol. The molecule has 0 spiro atoms. The largest absolute Gasteiger partial charge is 0.508 e. The molecule has 11 nitrogen and oxygen atoms in total. The number of phenols is 1. The molecule has 11 heteroatoms. The fourth-order valence-electron chi connectivity index (χ4n) is 7.16. The summed E-state index contributed by atoms with van der Waals surface area (Å²) in [5, 5.41) is 55.0. The number of carbonyl (C=O) groups excluding carboxylic acids is 3. The maximum Gasteiger partial charge on any atom is 0.255 e. The number of likely N-dealkylation sites (N-methyl/N-ethyl adjacent to an activating group) is 1. The fourth-order valence-corrected chi connectivity index (χ4v) is 7.16. The van der Waals surface area contributed by atoms with Crippen molar-refractivity contribution in [2.24, 2.45) is 17.6 Å². The number of anilines is 1. The van der Waals surface area contributed by atoms with Gasteiger partial charge in [0.25, 0.3) is 5.91 Å². The van der Waals surface area contributed by atoms with Crippen LogP contribution < -0.4 is 10.6 Å². The lowest BCUT2D eigenvalue weighted by Crippen LogP contribution is -2.65. The molecule has 2 aromatic carbocycles. The van der Waals surface area contributed by atoms with Crippen LogP contribution >= 0.6 is 0 Å². The zero-order chi connectivity index (χ0) is 32.2. The molecule has 0 heterocycles. The third kappa shape index (κ3) is 4.62. The Kier molecular flexibility index (Phi) is 7.78. The Hall–Kier alpha value is -4.66. The monoisotopic (exact) mass is 600 g/mol. The summed E-state index contributed by atoms with van der Waals surface area (Å²) < 4.78 is 0. The number of carbonyl (C=O) groups is 3. The van der Waals surface area contributed by atoms with Crippen molar-refractivity contribution < 1.29 is 34.8 Å². The lowest BCUT2D eigenvalue weighted by molar-refractivity contribution is -0.153. The number of nitriles is 1. The number of hydrogen-bond donors (Lipinski definition) is 5. The first kappa shape index (κ1) is 30.8. The van der Waals surface area contributed by atoms with Crippen LogP contribution in [0.1, 0.15) is 40.7 Å². The molecule has 0 aromatic heterocycles. The number of benzene rings is 2. The van der Waals surface area contributed by atoms with Crippen molar-refractivity contribution in [1.29, 1.82) is 5.26 Å². The van der Waals surface area contributed by atoms with Crippen LogP contribution in [0.25, 0.3) is 5.76 Å². The predicted molar refractivity (Wildman–Crippen MR) is 162 cm³/mol. The Morgan fingerprint density at radius 2 is 1.75 bits per heavy atom. The van der Waals surface area contributed by atoms with Crippen LogP contribution in [0.3, 0.4) is 0 Å². The third-order valence-electron chi connectivity index (χ3n) is 9.25. The van der Waals surface area contributed by atoms with Gasteiger partial charge in [-0.15, -0.1) is 0 Å². The molecule has 4 unspecified atom stereocenters. The van der Waals surface area contributed by atoms with Crippen molar-refractivity contribution in [3.05, 3.63) is 75.1 Å². The van der Waals surface area contributed by atoms with Crippen LogP contribution in [0, 0.1) is 23.2 Å². The number of hydrogen-bond acceptors (Lipinski definition) is 10.